The molecule has 0 spiro atoms. The number of rotatable bonds is 13. The molecule has 0 saturated carbocycles. The molecule has 52 heavy (non-hydrogen) atoms. The third-order valence-corrected chi connectivity index (χ3v) is 12.6. The van der Waals surface area contributed by atoms with Gasteiger partial charge in [0.05, 0.1) is 4.88 Å². The highest BCUT2D eigenvalue weighted by Crippen LogP contribution is 2.60. The Morgan fingerprint density at radius 2 is 1.48 bits per heavy atom. The SMILES string of the molecule is C=C1/C=C(/CCC(F)(F)C(C)(F)C(F)(F)C(F)F)SC/C=C(C)\C(c2cc3cc(C(F)(F)C(F)(F)C(F)(P)C(C)(F)F)sc3c(C)c2C(C)CC)=C/1. The van der Waals surface area contributed by atoms with Gasteiger partial charge in [0.15, 0.2) is 0 Å². The number of hydrogen-bond acceptors (Lipinski definition) is 2. The van der Waals surface area contributed by atoms with Gasteiger partial charge in [0.2, 0.25) is 5.67 Å². The van der Waals surface area contributed by atoms with E-state index in [9.17, 15) is 52.7 Å². The average molecular weight is 819 g/mol. The van der Waals surface area contributed by atoms with Gasteiger partial charge in [-0.1, -0.05) is 35.7 Å². The second-order valence-corrected chi connectivity index (χ2v) is 16.1. The van der Waals surface area contributed by atoms with Crippen LogP contribution in [-0.4, -0.2) is 46.9 Å². The Balaban J connectivity index is 2.16. The van der Waals surface area contributed by atoms with Crippen molar-refractivity contribution in [1.29, 1.82) is 0 Å². The van der Waals surface area contributed by atoms with Crippen molar-refractivity contribution >= 4 is 48.0 Å². The summed E-state index contributed by atoms with van der Waals surface area (Å²) in [6.07, 6.45) is -1.90. The molecule has 1 aliphatic rings. The number of thiophene rings is 1. The molecule has 0 fully saturated rings. The smallest absolute Gasteiger partial charge is 0.231 e. The highest BCUT2D eigenvalue weighted by atomic mass is 32.2. The van der Waals surface area contributed by atoms with Crippen molar-refractivity contribution in [3.8, 4) is 0 Å². The van der Waals surface area contributed by atoms with Crippen LogP contribution in [0.1, 0.15) is 81.4 Å². The molecule has 0 saturated heterocycles. The van der Waals surface area contributed by atoms with Crippen LogP contribution in [0.5, 0.6) is 0 Å². The van der Waals surface area contributed by atoms with Gasteiger partial charge in [-0.15, -0.1) is 23.1 Å². The number of benzene rings is 1. The number of fused-ring (bicyclic) bond motifs is 1. The van der Waals surface area contributed by atoms with E-state index in [1.54, 1.807) is 19.9 Å². The van der Waals surface area contributed by atoms with Gasteiger partial charge in [0.25, 0.3) is 17.3 Å². The average Bonchev–Trinajstić information content (AvgIpc) is 3.48. The lowest BCUT2D eigenvalue weighted by Crippen LogP contribution is -2.58. The van der Waals surface area contributed by atoms with Gasteiger partial charge < -0.3 is 0 Å². The molecule has 1 aromatic carbocycles. The fourth-order valence-electron chi connectivity index (χ4n) is 5.61. The fraction of sp³-hybridized carbons (Fsp3) is 0.543. The Hall–Kier alpha value is -2.06. The van der Waals surface area contributed by atoms with Crippen LogP contribution in [-0.2, 0) is 5.92 Å². The summed E-state index contributed by atoms with van der Waals surface area (Å²) in [4.78, 5) is -1.22. The van der Waals surface area contributed by atoms with Gasteiger partial charge in [-0.05, 0) is 108 Å². The Morgan fingerprint density at radius 3 is 2.00 bits per heavy atom. The lowest BCUT2D eigenvalue weighted by Gasteiger charge is -2.38. The largest absolute Gasteiger partial charge is 0.357 e. The van der Waals surface area contributed by atoms with Crippen LogP contribution in [0.25, 0.3) is 15.7 Å². The van der Waals surface area contributed by atoms with Crippen LogP contribution in [0.4, 0.5) is 61.5 Å². The first-order chi connectivity index (χ1) is 23.4. The summed E-state index contributed by atoms with van der Waals surface area (Å²) in [7, 11) is 0.518. The number of aryl methyl sites for hydroxylation is 1. The molecule has 17 heteroatoms. The quantitative estimate of drug-likeness (QED) is 0.143. The van der Waals surface area contributed by atoms with Crippen LogP contribution in [0.2, 0.25) is 0 Å². The summed E-state index contributed by atoms with van der Waals surface area (Å²) >= 11 is 1.19. The summed E-state index contributed by atoms with van der Waals surface area (Å²) in [6.45, 7) is 10.3. The third kappa shape index (κ3) is 7.72. The van der Waals surface area contributed by atoms with Crippen molar-refractivity contribution < 1.29 is 61.5 Å². The first-order valence-electron chi connectivity index (χ1n) is 15.7. The summed E-state index contributed by atoms with van der Waals surface area (Å²) in [6, 6.07) is 2.13. The van der Waals surface area contributed by atoms with Crippen LogP contribution in [0.3, 0.4) is 0 Å². The molecular formula is C35H37F14PS2. The minimum Gasteiger partial charge on any atom is -0.231 e. The van der Waals surface area contributed by atoms with E-state index in [-0.39, 0.29) is 57.4 Å². The molecule has 2 heterocycles. The summed E-state index contributed by atoms with van der Waals surface area (Å²) in [5.74, 6) is -26.8. The molecule has 0 amide bonds. The lowest BCUT2D eigenvalue weighted by atomic mass is 9.83. The van der Waals surface area contributed by atoms with Gasteiger partial charge in [-0.2, -0.15) is 26.3 Å². The van der Waals surface area contributed by atoms with Crippen molar-refractivity contribution in [1.82, 2.24) is 0 Å². The van der Waals surface area contributed by atoms with E-state index < -0.39 is 64.8 Å². The second-order valence-electron chi connectivity index (χ2n) is 13.1. The van der Waals surface area contributed by atoms with Crippen molar-refractivity contribution in [2.75, 3.05) is 5.75 Å². The molecule has 292 valence electrons. The van der Waals surface area contributed by atoms with Crippen LogP contribution in [0.15, 0.2) is 53.0 Å². The summed E-state index contributed by atoms with van der Waals surface area (Å²) in [5.41, 5.74) is -2.24. The van der Waals surface area contributed by atoms with Crippen LogP contribution < -0.4 is 0 Å². The highest BCUT2D eigenvalue weighted by molar-refractivity contribution is 8.03. The van der Waals surface area contributed by atoms with E-state index in [2.05, 4.69) is 6.58 Å². The molecule has 4 unspecified atom stereocenters. The Labute approximate surface area is 303 Å². The molecule has 1 aliphatic heterocycles. The van der Waals surface area contributed by atoms with Gasteiger partial charge in [-0.25, -0.2) is 35.1 Å². The Morgan fingerprint density at radius 1 is 0.904 bits per heavy atom. The zero-order valence-electron chi connectivity index (χ0n) is 28.8. The number of allylic oxidation sites excluding steroid dienone is 6. The normalized spacial score (nSPS) is 22.0. The van der Waals surface area contributed by atoms with Crippen molar-refractivity contribution in [2.24, 2.45) is 0 Å². The molecule has 0 nitrogen and oxygen atoms in total. The minimum atomic E-state index is -5.87. The van der Waals surface area contributed by atoms with Gasteiger partial charge in [-0.3, -0.25) is 0 Å². The van der Waals surface area contributed by atoms with E-state index in [1.807, 2.05) is 13.8 Å². The zero-order valence-corrected chi connectivity index (χ0v) is 31.6. The predicted molar refractivity (Wildman–Crippen MR) is 184 cm³/mol. The standard InChI is InChI=1S/C35H37F14PS2/c1-8-18(3)26-20(5)27-21(16-25(52-27)32(43,44)34(47,48)35(49,50)30(7,39)40)15-24(26)23-14-17(2)13-22(51-12-10-19(23)4)9-11-31(41,42)29(6,38)33(45,46)28(36)37/h10,13-16,18,28H,2,8-9,11-12,50H2,1,3-7H3/b19-10-,22-13-,23-14+. The van der Waals surface area contributed by atoms with E-state index in [0.717, 1.165) is 11.8 Å². The monoisotopic (exact) mass is 818 g/mol. The van der Waals surface area contributed by atoms with Crippen molar-refractivity contribution in [3.63, 3.8) is 0 Å². The summed E-state index contributed by atoms with van der Waals surface area (Å²) < 4.78 is 200. The minimum absolute atomic E-state index is 0.0217. The van der Waals surface area contributed by atoms with E-state index in [0.29, 0.717) is 49.6 Å². The number of alkyl halides is 14. The zero-order chi connectivity index (χ0) is 40.2. The highest BCUT2D eigenvalue weighted by Gasteiger charge is 2.76. The van der Waals surface area contributed by atoms with Crippen molar-refractivity contribution in [2.45, 2.75) is 114 Å². The maximum Gasteiger partial charge on any atom is 0.357 e. The molecule has 3 rings (SSSR count). The molecule has 4 atom stereocenters. The molecule has 0 bridgehead atoms. The first kappa shape index (κ1) is 44.3. The molecule has 0 N–H and O–H groups in total. The Kier molecular flexibility index (Phi) is 12.7. The predicted octanol–water partition coefficient (Wildman–Crippen LogP) is 14.2. The maximum atomic E-state index is 15.4. The molecule has 2 aromatic rings. The first-order valence-corrected chi connectivity index (χ1v) is 18.1. The fourth-order valence-corrected chi connectivity index (χ4v) is 7.98. The van der Waals surface area contributed by atoms with Gasteiger partial charge in [0.1, 0.15) is 0 Å². The van der Waals surface area contributed by atoms with Gasteiger partial charge >= 0.3 is 24.2 Å². The van der Waals surface area contributed by atoms with Crippen LogP contribution in [0, 0.1) is 6.92 Å². The third-order valence-electron chi connectivity index (χ3n) is 9.32. The number of thioether (sulfide) groups is 1. The topological polar surface area (TPSA) is 0 Å². The maximum absolute atomic E-state index is 15.4. The molecule has 0 aliphatic carbocycles. The second kappa shape index (κ2) is 14.9. The molecule has 1 aromatic heterocycles. The molecular weight excluding hydrogens is 781 g/mol. The lowest BCUT2D eigenvalue weighted by molar-refractivity contribution is -0.292. The number of hydrogen-bond donors (Lipinski definition) is 0. The van der Waals surface area contributed by atoms with Crippen molar-refractivity contribution in [3.05, 3.63) is 74.6 Å². The number of halogens is 14. The van der Waals surface area contributed by atoms with E-state index >= 15 is 8.78 Å². The Bertz CT molecular complexity index is 1760. The molecule has 0 radical (unpaired) electrons. The van der Waals surface area contributed by atoms with E-state index in [1.165, 1.54) is 18.2 Å². The van der Waals surface area contributed by atoms with Crippen LogP contribution >= 0.6 is 32.3 Å². The van der Waals surface area contributed by atoms with Gasteiger partial charge in [0, 0.05) is 23.8 Å². The van der Waals surface area contributed by atoms with E-state index in [4.69, 9.17) is 0 Å². The summed E-state index contributed by atoms with van der Waals surface area (Å²) in [5, 5.41) is -4.98.